The third-order valence-electron chi connectivity index (χ3n) is 4.43. The molecular formula is C21H16N4O4S2. The zero-order valence-electron chi connectivity index (χ0n) is 16.0. The molecule has 0 atom stereocenters. The fourth-order valence-corrected chi connectivity index (χ4v) is 4.88. The number of thiazole rings is 1. The fourth-order valence-electron chi connectivity index (χ4n) is 3.06. The molecule has 0 saturated heterocycles. The molecule has 4 amide bonds. The number of hydrogen-bond donors (Lipinski definition) is 2. The first-order valence-electron chi connectivity index (χ1n) is 9.16. The molecule has 4 rings (SSSR count). The van der Waals surface area contributed by atoms with E-state index in [4.69, 9.17) is 5.73 Å². The van der Waals surface area contributed by atoms with Gasteiger partial charge < -0.3 is 11.1 Å². The maximum Gasteiger partial charge on any atom is 0.262 e. The van der Waals surface area contributed by atoms with Crippen molar-refractivity contribution < 1.29 is 19.2 Å². The van der Waals surface area contributed by atoms with Gasteiger partial charge in [-0.2, -0.15) is 0 Å². The van der Waals surface area contributed by atoms with E-state index in [0.29, 0.717) is 15.0 Å². The van der Waals surface area contributed by atoms with Gasteiger partial charge in [0.1, 0.15) is 17.2 Å². The average Bonchev–Trinajstić information content (AvgIpc) is 3.27. The van der Waals surface area contributed by atoms with Crippen LogP contribution >= 0.6 is 23.1 Å². The number of aromatic nitrogens is 1. The smallest absolute Gasteiger partial charge is 0.262 e. The highest BCUT2D eigenvalue weighted by Crippen LogP contribution is 2.37. The SMILES string of the molecule is NC(=O)CSc1nc(-c2ccccc2)c(NC(=O)CN2C(=O)c3ccccc3C2=O)s1. The van der Waals surface area contributed by atoms with Gasteiger partial charge in [0.15, 0.2) is 4.34 Å². The second-order valence-electron chi connectivity index (χ2n) is 6.57. The Hall–Kier alpha value is -3.50. The first-order valence-corrected chi connectivity index (χ1v) is 11.0. The minimum Gasteiger partial charge on any atom is -0.369 e. The zero-order chi connectivity index (χ0) is 22.0. The van der Waals surface area contributed by atoms with E-state index in [9.17, 15) is 19.2 Å². The van der Waals surface area contributed by atoms with E-state index >= 15 is 0 Å². The molecule has 3 N–H and O–H groups in total. The number of primary amides is 1. The van der Waals surface area contributed by atoms with Gasteiger partial charge in [0.05, 0.1) is 16.9 Å². The largest absolute Gasteiger partial charge is 0.369 e. The molecule has 3 aromatic rings. The standard InChI is InChI=1S/C21H16N4O4S2/c22-15(26)11-30-21-24-17(12-6-2-1-3-7-12)18(31-21)23-16(27)10-25-19(28)13-8-4-5-9-14(13)20(25)29/h1-9H,10-11H2,(H2,22,26)(H,23,27). The molecule has 0 radical (unpaired) electrons. The number of fused-ring (bicyclic) bond motifs is 1. The number of benzene rings is 2. The first kappa shape index (κ1) is 20.8. The van der Waals surface area contributed by atoms with Crippen molar-refractivity contribution in [3.8, 4) is 11.3 Å². The maximum atomic E-state index is 12.7. The van der Waals surface area contributed by atoms with E-state index in [1.165, 1.54) is 23.1 Å². The van der Waals surface area contributed by atoms with E-state index < -0.39 is 30.2 Å². The molecule has 0 saturated carbocycles. The maximum absolute atomic E-state index is 12.7. The highest BCUT2D eigenvalue weighted by molar-refractivity contribution is 8.01. The Morgan fingerprint density at radius 1 is 1.00 bits per heavy atom. The molecule has 1 aliphatic rings. The monoisotopic (exact) mass is 452 g/mol. The summed E-state index contributed by atoms with van der Waals surface area (Å²) in [5.74, 6) is -1.94. The van der Waals surface area contributed by atoms with Crippen LogP contribution in [-0.2, 0) is 9.59 Å². The number of hydrogen-bond acceptors (Lipinski definition) is 7. The van der Waals surface area contributed by atoms with E-state index in [1.54, 1.807) is 24.3 Å². The lowest BCUT2D eigenvalue weighted by atomic mass is 10.1. The van der Waals surface area contributed by atoms with E-state index in [1.807, 2.05) is 30.3 Å². The molecule has 31 heavy (non-hydrogen) atoms. The summed E-state index contributed by atoms with van der Waals surface area (Å²) in [7, 11) is 0. The van der Waals surface area contributed by atoms with Gasteiger partial charge >= 0.3 is 0 Å². The van der Waals surface area contributed by atoms with Crippen LogP contribution in [0.4, 0.5) is 5.00 Å². The molecule has 0 fully saturated rings. The number of nitrogens with one attached hydrogen (secondary N) is 1. The number of nitrogens with two attached hydrogens (primary N) is 1. The Morgan fingerprint density at radius 3 is 2.23 bits per heavy atom. The molecule has 2 heterocycles. The van der Waals surface area contributed by atoms with E-state index in [0.717, 1.165) is 10.5 Å². The zero-order valence-corrected chi connectivity index (χ0v) is 17.7. The molecule has 8 nitrogen and oxygen atoms in total. The Kier molecular flexibility index (Phi) is 5.83. The fraction of sp³-hybridized carbons (Fsp3) is 0.0952. The average molecular weight is 453 g/mol. The summed E-state index contributed by atoms with van der Waals surface area (Å²) >= 11 is 2.37. The van der Waals surface area contributed by atoms with Gasteiger partial charge in [-0.15, -0.1) is 0 Å². The van der Waals surface area contributed by atoms with Gasteiger partial charge in [-0.1, -0.05) is 65.6 Å². The molecule has 1 aromatic heterocycles. The predicted octanol–water partition coefficient (Wildman–Crippen LogP) is 2.62. The van der Waals surface area contributed by atoms with Crippen LogP contribution in [0.3, 0.4) is 0 Å². The van der Waals surface area contributed by atoms with Crippen LogP contribution in [0, 0.1) is 0 Å². The normalized spacial score (nSPS) is 12.7. The number of nitrogens with zero attached hydrogens (tertiary/aromatic N) is 2. The summed E-state index contributed by atoms with van der Waals surface area (Å²) in [6.45, 7) is -0.414. The minimum atomic E-state index is -0.526. The topological polar surface area (TPSA) is 122 Å². The summed E-state index contributed by atoms with van der Waals surface area (Å²) < 4.78 is 0.564. The van der Waals surface area contributed by atoms with Crippen molar-refractivity contribution in [3.63, 3.8) is 0 Å². The van der Waals surface area contributed by atoms with Crippen molar-refractivity contribution in [2.24, 2.45) is 5.73 Å². The van der Waals surface area contributed by atoms with Crippen LogP contribution in [-0.4, -0.2) is 45.8 Å². The number of carbonyl (C=O) groups is 4. The minimum absolute atomic E-state index is 0.0597. The van der Waals surface area contributed by atoms with Gasteiger partial charge in [-0.05, 0) is 12.1 Å². The van der Waals surface area contributed by atoms with Crippen molar-refractivity contribution in [1.29, 1.82) is 0 Å². The number of anilines is 1. The van der Waals surface area contributed by atoms with Crippen molar-refractivity contribution in [3.05, 3.63) is 65.7 Å². The van der Waals surface area contributed by atoms with Crippen LogP contribution in [0.5, 0.6) is 0 Å². The lowest BCUT2D eigenvalue weighted by Gasteiger charge is -2.13. The Morgan fingerprint density at radius 2 is 1.61 bits per heavy atom. The Labute approximate surface area is 185 Å². The third kappa shape index (κ3) is 4.35. The molecular weight excluding hydrogens is 436 g/mol. The van der Waals surface area contributed by atoms with Gasteiger partial charge in [0, 0.05) is 5.56 Å². The summed E-state index contributed by atoms with van der Waals surface area (Å²) in [6.07, 6.45) is 0. The molecule has 156 valence electrons. The van der Waals surface area contributed by atoms with Crippen LogP contribution < -0.4 is 11.1 Å². The van der Waals surface area contributed by atoms with E-state index in [2.05, 4.69) is 10.3 Å². The molecule has 2 aromatic carbocycles. The molecule has 0 bridgehead atoms. The van der Waals surface area contributed by atoms with Crippen molar-refractivity contribution >= 4 is 51.7 Å². The summed E-state index contributed by atoms with van der Waals surface area (Å²) in [6, 6.07) is 15.7. The third-order valence-corrected chi connectivity index (χ3v) is 6.56. The molecule has 10 heteroatoms. The number of carbonyl (C=O) groups excluding carboxylic acids is 4. The Bertz CT molecular complexity index is 1160. The summed E-state index contributed by atoms with van der Waals surface area (Å²) in [5, 5.41) is 3.21. The number of amides is 4. The first-order chi connectivity index (χ1) is 14.9. The highest BCUT2D eigenvalue weighted by Gasteiger charge is 2.36. The van der Waals surface area contributed by atoms with Crippen molar-refractivity contribution in [2.75, 3.05) is 17.6 Å². The van der Waals surface area contributed by atoms with Crippen LogP contribution in [0.15, 0.2) is 58.9 Å². The van der Waals surface area contributed by atoms with Gasteiger partial charge in [-0.3, -0.25) is 24.1 Å². The van der Waals surface area contributed by atoms with Crippen molar-refractivity contribution in [1.82, 2.24) is 9.88 Å². The van der Waals surface area contributed by atoms with Crippen LogP contribution in [0.25, 0.3) is 11.3 Å². The number of rotatable bonds is 7. The lowest BCUT2D eigenvalue weighted by Crippen LogP contribution is -2.37. The molecule has 0 spiro atoms. The number of thioether (sulfide) groups is 1. The molecule has 1 aliphatic heterocycles. The van der Waals surface area contributed by atoms with E-state index in [-0.39, 0.29) is 16.9 Å². The summed E-state index contributed by atoms with van der Waals surface area (Å²) in [5.41, 5.74) is 7.09. The predicted molar refractivity (Wildman–Crippen MR) is 118 cm³/mol. The highest BCUT2D eigenvalue weighted by atomic mass is 32.2. The molecule has 0 unspecified atom stereocenters. The summed E-state index contributed by atoms with van der Waals surface area (Å²) in [4.78, 5) is 54.3. The molecule has 0 aliphatic carbocycles. The van der Waals surface area contributed by atoms with Crippen molar-refractivity contribution in [2.45, 2.75) is 4.34 Å². The second kappa shape index (κ2) is 8.70. The van der Waals surface area contributed by atoms with Gasteiger partial charge in [-0.25, -0.2) is 4.98 Å². The van der Waals surface area contributed by atoms with Crippen LogP contribution in [0.1, 0.15) is 20.7 Å². The quantitative estimate of drug-likeness (QED) is 0.420. The number of imide groups is 1. The lowest BCUT2D eigenvalue weighted by molar-refractivity contribution is -0.116. The van der Waals surface area contributed by atoms with Crippen LogP contribution in [0.2, 0.25) is 0 Å². The van der Waals surface area contributed by atoms with Gasteiger partial charge in [0.25, 0.3) is 11.8 Å². The second-order valence-corrected chi connectivity index (χ2v) is 8.79. The van der Waals surface area contributed by atoms with Gasteiger partial charge in [0.2, 0.25) is 11.8 Å². The Balaban J connectivity index is 1.54.